The van der Waals surface area contributed by atoms with Gasteiger partial charge in [-0.05, 0) is 24.3 Å². The Morgan fingerprint density at radius 2 is 1.70 bits per heavy atom. The van der Waals surface area contributed by atoms with Crippen LogP contribution in [0.25, 0.3) is 0 Å². The molecule has 0 amide bonds. The third kappa shape index (κ3) is 2.71. The lowest BCUT2D eigenvalue weighted by atomic mass is 10.1. The summed E-state index contributed by atoms with van der Waals surface area (Å²) in [6.07, 6.45) is 0. The molecule has 20 heavy (non-hydrogen) atoms. The quantitative estimate of drug-likeness (QED) is 0.626. The van der Waals surface area contributed by atoms with E-state index in [1.165, 1.54) is 36.4 Å². The zero-order chi connectivity index (χ0) is 14.5. The van der Waals surface area contributed by atoms with Crippen LogP contribution in [-0.4, -0.2) is 4.92 Å². The van der Waals surface area contributed by atoms with Gasteiger partial charge >= 0.3 is 0 Å². The maximum atomic E-state index is 10.7. The number of nitrogens with zero attached hydrogens (tertiary/aromatic N) is 3. The fraction of sp³-hybridized carbons (Fsp3) is 0. The van der Waals surface area contributed by atoms with Crippen molar-refractivity contribution < 1.29 is 9.66 Å². The molecular weight excluding hydrogens is 258 g/mol. The fourth-order valence-electron chi connectivity index (χ4n) is 1.57. The Labute approximate surface area is 114 Å². The van der Waals surface area contributed by atoms with Gasteiger partial charge in [-0.1, -0.05) is 6.07 Å². The Morgan fingerprint density at radius 1 is 1.00 bits per heavy atom. The molecule has 0 aliphatic heterocycles. The first kappa shape index (κ1) is 13.1. The van der Waals surface area contributed by atoms with E-state index in [2.05, 4.69) is 0 Å². The van der Waals surface area contributed by atoms with Gasteiger partial charge < -0.3 is 4.74 Å². The van der Waals surface area contributed by atoms with Crippen molar-refractivity contribution in [1.29, 1.82) is 10.5 Å². The highest BCUT2D eigenvalue weighted by Crippen LogP contribution is 2.26. The van der Waals surface area contributed by atoms with Crippen molar-refractivity contribution in [2.24, 2.45) is 0 Å². The van der Waals surface area contributed by atoms with Gasteiger partial charge in [0.2, 0.25) is 0 Å². The number of rotatable bonds is 3. The summed E-state index contributed by atoms with van der Waals surface area (Å²) in [4.78, 5) is 10.1. The highest BCUT2D eigenvalue weighted by atomic mass is 16.6. The Bertz CT molecular complexity index is 757. The number of hydrogen-bond donors (Lipinski definition) is 0. The summed E-state index contributed by atoms with van der Waals surface area (Å²) in [5.41, 5.74) is 0.353. The van der Waals surface area contributed by atoms with Gasteiger partial charge in [-0.15, -0.1) is 0 Å². The topological polar surface area (TPSA) is 99.9 Å². The van der Waals surface area contributed by atoms with Crippen molar-refractivity contribution in [3.8, 4) is 23.6 Å². The van der Waals surface area contributed by atoms with Crippen molar-refractivity contribution in [3.05, 3.63) is 63.7 Å². The standard InChI is InChI=1S/C14H7N3O3/c15-8-10-4-5-14(6-11(10)9-16)20-13-3-1-2-12(7-13)17(18)19/h1-7H. The summed E-state index contributed by atoms with van der Waals surface area (Å²) >= 11 is 0. The zero-order valence-electron chi connectivity index (χ0n) is 10.1. The maximum absolute atomic E-state index is 10.7. The van der Waals surface area contributed by atoms with Crippen LogP contribution in [0, 0.1) is 32.8 Å². The molecular formula is C14H7N3O3. The third-order valence-corrected chi connectivity index (χ3v) is 2.50. The van der Waals surface area contributed by atoms with Crippen LogP contribution in [-0.2, 0) is 0 Å². The molecule has 0 heterocycles. The van der Waals surface area contributed by atoms with Crippen LogP contribution in [0.4, 0.5) is 5.69 Å². The Balaban J connectivity index is 2.31. The van der Waals surface area contributed by atoms with Crippen molar-refractivity contribution in [2.75, 3.05) is 0 Å². The van der Waals surface area contributed by atoms with Gasteiger partial charge in [0.25, 0.3) is 5.69 Å². The van der Waals surface area contributed by atoms with Gasteiger partial charge in [-0.25, -0.2) is 0 Å². The van der Waals surface area contributed by atoms with E-state index in [9.17, 15) is 10.1 Å². The highest BCUT2D eigenvalue weighted by Gasteiger charge is 2.08. The molecule has 0 atom stereocenters. The molecule has 0 fully saturated rings. The van der Waals surface area contributed by atoms with Gasteiger partial charge in [0.1, 0.15) is 23.6 Å². The molecule has 0 radical (unpaired) electrons. The Hall–Kier alpha value is -3.38. The van der Waals surface area contributed by atoms with Crippen molar-refractivity contribution in [2.45, 2.75) is 0 Å². The first-order valence-corrected chi connectivity index (χ1v) is 5.50. The zero-order valence-corrected chi connectivity index (χ0v) is 10.1. The molecule has 2 rings (SSSR count). The van der Waals surface area contributed by atoms with Gasteiger partial charge in [0.05, 0.1) is 22.1 Å². The Kier molecular flexibility index (Phi) is 3.60. The second kappa shape index (κ2) is 5.51. The molecule has 0 aliphatic carbocycles. The maximum Gasteiger partial charge on any atom is 0.273 e. The number of non-ortho nitro benzene ring substituents is 1. The second-order valence-electron chi connectivity index (χ2n) is 3.79. The van der Waals surface area contributed by atoms with E-state index in [0.717, 1.165) is 0 Å². The lowest BCUT2D eigenvalue weighted by molar-refractivity contribution is -0.384. The summed E-state index contributed by atoms with van der Waals surface area (Å²) in [5.74, 6) is 0.619. The number of hydrogen-bond acceptors (Lipinski definition) is 5. The van der Waals surface area contributed by atoms with Crippen LogP contribution in [0.1, 0.15) is 11.1 Å². The number of ether oxygens (including phenoxy) is 1. The largest absolute Gasteiger partial charge is 0.457 e. The predicted molar refractivity (Wildman–Crippen MR) is 69.0 cm³/mol. The van der Waals surface area contributed by atoms with Crippen LogP contribution < -0.4 is 4.74 Å². The minimum atomic E-state index is -0.521. The van der Waals surface area contributed by atoms with E-state index in [1.807, 2.05) is 12.1 Å². The molecule has 6 heteroatoms. The normalized spacial score (nSPS) is 9.30. The lowest BCUT2D eigenvalue weighted by Crippen LogP contribution is -1.91. The van der Waals surface area contributed by atoms with Gasteiger partial charge in [0.15, 0.2) is 0 Å². The molecule has 0 unspecified atom stereocenters. The highest BCUT2D eigenvalue weighted by molar-refractivity contribution is 5.50. The molecule has 2 aromatic carbocycles. The van der Waals surface area contributed by atoms with Crippen LogP contribution in [0.15, 0.2) is 42.5 Å². The summed E-state index contributed by atoms with van der Waals surface area (Å²) < 4.78 is 5.45. The average molecular weight is 265 g/mol. The van der Waals surface area contributed by atoms with Crippen molar-refractivity contribution in [1.82, 2.24) is 0 Å². The molecule has 6 nitrogen and oxygen atoms in total. The van der Waals surface area contributed by atoms with E-state index < -0.39 is 4.92 Å². The first-order valence-electron chi connectivity index (χ1n) is 5.50. The number of nitro benzene ring substituents is 1. The third-order valence-electron chi connectivity index (χ3n) is 2.50. The molecule has 0 N–H and O–H groups in total. The predicted octanol–water partition coefficient (Wildman–Crippen LogP) is 3.13. The van der Waals surface area contributed by atoms with Crippen molar-refractivity contribution >= 4 is 5.69 Å². The minimum absolute atomic E-state index is 0.0864. The van der Waals surface area contributed by atoms with Gasteiger partial charge in [-0.2, -0.15) is 10.5 Å². The smallest absolute Gasteiger partial charge is 0.273 e. The van der Waals surface area contributed by atoms with Crippen LogP contribution in [0.2, 0.25) is 0 Å². The molecule has 0 aromatic heterocycles. The van der Waals surface area contributed by atoms with Crippen LogP contribution in [0.3, 0.4) is 0 Å². The van der Waals surface area contributed by atoms with Crippen molar-refractivity contribution in [3.63, 3.8) is 0 Å². The van der Waals surface area contributed by atoms with E-state index in [1.54, 1.807) is 6.07 Å². The van der Waals surface area contributed by atoms with E-state index in [4.69, 9.17) is 15.3 Å². The summed E-state index contributed by atoms with van der Waals surface area (Å²) in [6.45, 7) is 0. The molecule has 0 aliphatic rings. The van der Waals surface area contributed by atoms with E-state index in [0.29, 0.717) is 5.75 Å². The van der Waals surface area contributed by atoms with Crippen LogP contribution >= 0.6 is 0 Å². The second-order valence-corrected chi connectivity index (χ2v) is 3.79. The summed E-state index contributed by atoms with van der Waals surface area (Å²) in [6, 6.07) is 13.9. The van der Waals surface area contributed by atoms with Gasteiger partial charge in [-0.3, -0.25) is 10.1 Å². The number of benzene rings is 2. The number of nitro groups is 1. The Morgan fingerprint density at radius 3 is 2.35 bits per heavy atom. The summed E-state index contributed by atoms with van der Waals surface area (Å²) in [5, 5.41) is 28.4. The first-order chi connectivity index (χ1) is 9.63. The van der Waals surface area contributed by atoms with E-state index >= 15 is 0 Å². The monoisotopic (exact) mass is 265 g/mol. The van der Waals surface area contributed by atoms with Crippen LogP contribution in [0.5, 0.6) is 11.5 Å². The van der Waals surface area contributed by atoms with Gasteiger partial charge in [0, 0.05) is 6.07 Å². The molecule has 0 saturated carbocycles. The molecule has 96 valence electrons. The minimum Gasteiger partial charge on any atom is -0.457 e. The molecule has 2 aromatic rings. The van der Waals surface area contributed by atoms with E-state index in [-0.39, 0.29) is 22.6 Å². The fourth-order valence-corrected chi connectivity index (χ4v) is 1.57. The lowest BCUT2D eigenvalue weighted by Gasteiger charge is -2.06. The molecule has 0 saturated heterocycles. The summed E-state index contributed by atoms with van der Waals surface area (Å²) in [7, 11) is 0. The SMILES string of the molecule is N#Cc1ccc(Oc2cccc([N+](=O)[O-])c2)cc1C#N. The average Bonchev–Trinajstić information content (AvgIpc) is 2.47. The molecule has 0 bridgehead atoms. The number of nitriles is 2. The molecule has 0 spiro atoms.